The van der Waals surface area contributed by atoms with Crippen LogP contribution in [0.25, 0.3) is 0 Å². The monoisotopic (exact) mass is 468 g/mol. The number of carbonyl (C=O) groups is 1. The summed E-state index contributed by atoms with van der Waals surface area (Å²) in [5.41, 5.74) is 4.94. The van der Waals surface area contributed by atoms with Crippen LogP contribution in [0.4, 0.5) is 4.39 Å². The van der Waals surface area contributed by atoms with Crippen molar-refractivity contribution >= 4 is 15.9 Å². The van der Waals surface area contributed by atoms with E-state index >= 15 is 0 Å². The van der Waals surface area contributed by atoms with Crippen LogP contribution in [-0.2, 0) is 21.4 Å². The molecule has 0 spiro atoms. The first kappa shape index (κ1) is 24.6. The molecule has 0 aliphatic rings. The number of hydrogen-bond acceptors (Lipinski definition) is 3. The normalized spacial score (nSPS) is 12.5. The molecule has 0 heterocycles. The van der Waals surface area contributed by atoms with E-state index in [2.05, 4.69) is 11.4 Å². The van der Waals surface area contributed by atoms with Gasteiger partial charge in [0, 0.05) is 6.54 Å². The highest BCUT2D eigenvalue weighted by atomic mass is 32.2. The lowest BCUT2D eigenvalue weighted by Crippen LogP contribution is -2.41. The van der Waals surface area contributed by atoms with Crippen molar-refractivity contribution < 1.29 is 17.6 Å². The van der Waals surface area contributed by atoms with Gasteiger partial charge in [0.2, 0.25) is 15.9 Å². The standard InChI is InChI=1S/C26H29FN2O3S/c1-18-14-20(3)25(15-19(18)2)21(4)28-26(30)17-29(16-22-10-12-23(27)13-11-22)33(31,32)24-8-6-5-7-9-24/h5-15,21H,16-17H2,1-4H3,(H,28,30)/t21-/m1/s1. The molecule has 0 saturated heterocycles. The van der Waals surface area contributed by atoms with Crippen LogP contribution in [0.1, 0.15) is 40.8 Å². The maximum atomic E-state index is 13.3. The fourth-order valence-electron chi connectivity index (χ4n) is 3.74. The average Bonchev–Trinajstić information content (AvgIpc) is 2.77. The number of hydrogen-bond donors (Lipinski definition) is 1. The second-order valence-electron chi connectivity index (χ2n) is 8.29. The van der Waals surface area contributed by atoms with E-state index in [-0.39, 0.29) is 24.0 Å². The molecule has 33 heavy (non-hydrogen) atoms. The maximum absolute atomic E-state index is 13.3. The van der Waals surface area contributed by atoms with Crippen LogP contribution in [0.2, 0.25) is 0 Å². The average molecular weight is 469 g/mol. The van der Waals surface area contributed by atoms with Crippen LogP contribution in [0.5, 0.6) is 0 Å². The van der Waals surface area contributed by atoms with Gasteiger partial charge in [-0.05, 0) is 79.8 Å². The lowest BCUT2D eigenvalue weighted by Gasteiger charge is -2.24. The zero-order valence-electron chi connectivity index (χ0n) is 19.3. The summed E-state index contributed by atoms with van der Waals surface area (Å²) in [4.78, 5) is 13.0. The quantitative estimate of drug-likeness (QED) is 0.516. The van der Waals surface area contributed by atoms with Crippen LogP contribution < -0.4 is 5.32 Å². The van der Waals surface area contributed by atoms with Crippen LogP contribution in [0.3, 0.4) is 0 Å². The third kappa shape index (κ3) is 6.06. The van der Waals surface area contributed by atoms with E-state index in [4.69, 9.17) is 0 Å². The third-order valence-corrected chi connectivity index (χ3v) is 7.51. The summed E-state index contributed by atoms with van der Waals surface area (Å²) in [7, 11) is -3.95. The number of nitrogens with one attached hydrogen (secondary N) is 1. The van der Waals surface area contributed by atoms with E-state index in [0.717, 1.165) is 21.0 Å². The van der Waals surface area contributed by atoms with Gasteiger partial charge >= 0.3 is 0 Å². The van der Waals surface area contributed by atoms with Gasteiger partial charge in [0.1, 0.15) is 5.82 Å². The molecule has 5 nitrogen and oxygen atoms in total. The number of halogens is 1. The topological polar surface area (TPSA) is 66.5 Å². The van der Waals surface area contributed by atoms with E-state index in [9.17, 15) is 17.6 Å². The molecule has 7 heteroatoms. The zero-order chi connectivity index (χ0) is 24.2. The van der Waals surface area contributed by atoms with Gasteiger partial charge in [0.25, 0.3) is 0 Å². The summed E-state index contributed by atoms with van der Waals surface area (Å²) in [6.07, 6.45) is 0. The summed E-state index contributed by atoms with van der Waals surface area (Å²) in [6.45, 7) is 7.52. The predicted molar refractivity (Wildman–Crippen MR) is 128 cm³/mol. The Bertz CT molecular complexity index is 1230. The van der Waals surface area contributed by atoms with Crippen molar-refractivity contribution in [3.63, 3.8) is 0 Å². The van der Waals surface area contributed by atoms with E-state index < -0.39 is 21.7 Å². The fourth-order valence-corrected chi connectivity index (χ4v) is 5.14. The lowest BCUT2D eigenvalue weighted by molar-refractivity contribution is -0.122. The smallest absolute Gasteiger partial charge is 0.243 e. The van der Waals surface area contributed by atoms with Crippen molar-refractivity contribution in [3.8, 4) is 0 Å². The molecule has 0 aromatic heterocycles. The highest BCUT2D eigenvalue weighted by Crippen LogP contribution is 2.22. The minimum Gasteiger partial charge on any atom is -0.348 e. The maximum Gasteiger partial charge on any atom is 0.243 e. The summed E-state index contributed by atoms with van der Waals surface area (Å²) in [6, 6.07) is 17.4. The minimum absolute atomic E-state index is 0.0536. The van der Waals surface area contributed by atoms with E-state index in [0.29, 0.717) is 5.56 Å². The Balaban J connectivity index is 1.84. The SMILES string of the molecule is Cc1cc(C)c([C@@H](C)NC(=O)CN(Cc2ccc(F)cc2)S(=O)(=O)c2ccccc2)cc1C. The van der Waals surface area contributed by atoms with Crippen molar-refractivity contribution in [2.75, 3.05) is 6.54 Å². The molecule has 0 aliphatic carbocycles. The van der Waals surface area contributed by atoms with Crippen LogP contribution >= 0.6 is 0 Å². The van der Waals surface area contributed by atoms with Gasteiger partial charge in [-0.3, -0.25) is 4.79 Å². The second kappa shape index (κ2) is 10.3. The molecule has 1 atom stereocenters. The van der Waals surface area contributed by atoms with Crippen molar-refractivity contribution in [1.29, 1.82) is 0 Å². The molecule has 3 aromatic rings. The van der Waals surface area contributed by atoms with Gasteiger partial charge in [-0.2, -0.15) is 4.31 Å². The summed E-state index contributed by atoms with van der Waals surface area (Å²) < 4.78 is 41.0. The molecule has 3 rings (SSSR count). The van der Waals surface area contributed by atoms with Crippen molar-refractivity contribution in [1.82, 2.24) is 9.62 Å². The molecule has 3 aromatic carbocycles. The molecule has 174 valence electrons. The Hall–Kier alpha value is -3.03. The second-order valence-corrected chi connectivity index (χ2v) is 10.2. The number of amides is 1. The molecule has 0 saturated carbocycles. The third-order valence-electron chi connectivity index (χ3n) is 5.70. The molecule has 1 N–H and O–H groups in total. The number of carbonyl (C=O) groups excluding carboxylic acids is 1. The number of sulfonamides is 1. The van der Waals surface area contributed by atoms with E-state index in [1.54, 1.807) is 18.2 Å². The molecule has 0 radical (unpaired) electrons. The number of benzene rings is 3. The van der Waals surface area contributed by atoms with Crippen molar-refractivity contribution in [3.05, 3.63) is 100 Å². The molecule has 0 bridgehead atoms. The Morgan fingerprint density at radius 2 is 1.55 bits per heavy atom. The Morgan fingerprint density at radius 1 is 0.939 bits per heavy atom. The Morgan fingerprint density at radius 3 is 2.18 bits per heavy atom. The summed E-state index contributed by atoms with van der Waals surface area (Å²) >= 11 is 0. The van der Waals surface area contributed by atoms with Gasteiger partial charge in [-0.25, -0.2) is 12.8 Å². The summed E-state index contributed by atoms with van der Waals surface area (Å²) in [5, 5.41) is 2.93. The van der Waals surface area contributed by atoms with Crippen LogP contribution in [0, 0.1) is 26.6 Å². The van der Waals surface area contributed by atoms with Gasteiger partial charge in [0.05, 0.1) is 17.5 Å². The first-order valence-corrected chi connectivity index (χ1v) is 12.2. The Labute approximate surface area is 195 Å². The van der Waals surface area contributed by atoms with Crippen molar-refractivity contribution in [2.24, 2.45) is 0 Å². The largest absolute Gasteiger partial charge is 0.348 e. The van der Waals surface area contributed by atoms with E-state index in [1.807, 2.05) is 33.8 Å². The van der Waals surface area contributed by atoms with Crippen LogP contribution in [-0.4, -0.2) is 25.2 Å². The fraction of sp³-hybridized carbons (Fsp3) is 0.269. The molecule has 0 fully saturated rings. The molecule has 0 unspecified atom stereocenters. The van der Waals surface area contributed by atoms with Gasteiger partial charge in [-0.15, -0.1) is 0 Å². The van der Waals surface area contributed by atoms with Gasteiger partial charge in [-0.1, -0.05) is 42.5 Å². The molecule has 1 amide bonds. The Kier molecular flexibility index (Phi) is 7.66. The molecular formula is C26H29FN2O3S. The van der Waals surface area contributed by atoms with Gasteiger partial charge in [0.15, 0.2) is 0 Å². The lowest BCUT2D eigenvalue weighted by atomic mass is 9.96. The predicted octanol–water partition coefficient (Wildman–Crippen LogP) is 4.82. The summed E-state index contributed by atoms with van der Waals surface area (Å²) in [5.74, 6) is -0.826. The molecule has 0 aliphatic heterocycles. The molecular weight excluding hydrogens is 439 g/mol. The van der Waals surface area contributed by atoms with Crippen molar-refractivity contribution in [2.45, 2.75) is 45.2 Å². The minimum atomic E-state index is -3.95. The first-order chi connectivity index (χ1) is 15.6. The highest BCUT2D eigenvalue weighted by Gasteiger charge is 2.27. The zero-order valence-corrected chi connectivity index (χ0v) is 20.1. The van der Waals surface area contributed by atoms with Crippen LogP contribution in [0.15, 0.2) is 71.6 Å². The number of rotatable bonds is 8. The van der Waals surface area contributed by atoms with E-state index in [1.165, 1.54) is 42.0 Å². The number of nitrogens with zero attached hydrogens (tertiary/aromatic N) is 1. The number of aryl methyl sites for hydroxylation is 3. The highest BCUT2D eigenvalue weighted by molar-refractivity contribution is 7.89. The van der Waals surface area contributed by atoms with Gasteiger partial charge < -0.3 is 5.32 Å². The first-order valence-electron chi connectivity index (χ1n) is 10.7.